The number of aromatic nitrogens is 1. The molecule has 0 saturated heterocycles. The molecule has 0 aliphatic heterocycles. The second-order valence-electron chi connectivity index (χ2n) is 4.77. The van der Waals surface area contributed by atoms with Crippen LogP contribution in [0.4, 0.5) is 17.2 Å². The van der Waals surface area contributed by atoms with E-state index in [1.165, 1.54) is 12.1 Å². The maximum Gasteiger partial charge on any atom is 0.271 e. The minimum absolute atomic E-state index is 0.0533. The van der Waals surface area contributed by atoms with Crippen molar-refractivity contribution >= 4 is 28.1 Å². The number of nitrogens with one attached hydrogen (secondary N) is 1. The average molecular weight is 279 g/mol. The normalized spacial score (nSPS) is 10.5. The van der Waals surface area contributed by atoms with Gasteiger partial charge >= 0.3 is 0 Å². The summed E-state index contributed by atoms with van der Waals surface area (Å²) in [7, 11) is 0. The predicted molar refractivity (Wildman–Crippen MR) is 82.9 cm³/mol. The van der Waals surface area contributed by atoms with Crippen molar-refractivity contribution in [2.45, 2.75) is 6.92 Å². The number of hydrogen-bond acceptors (Lipinski definition) is 4. The number of para-hydroxylation sites is 1. The molecule has 1 heterocycles. The number of fused-ring (bicyclic) bond motifs is 1. The molecule has 0 saturated carbocycles. The highest BCUT2D eigenvalue weighted by Gasteiger charge is 2.07. The number of non-ortho nitro benzene ring substituents is 1. The summed E-state index contributed by atoms with van der Waals surface area (Å²) in [6.45, 7) is 2.02. The number of nitro groups is 1. The molecule has 3 aromatic rings. The Morgan fingerprint density at radius 3 is 2.71 bits per heavy atom. The third-order valence-corrected chi connectivity index (χ3v) is 3.25. The van der Waals surface area contributed by atoms with Crippen LogP contribution in [0.25, 0.3) is 10.9 Å². The third kappa shape index (κ3) is 2.67. The fourth-order valence-corrected chi connectivity index (χ4v) is 2.26. The lowest BCUT2D eigenvalue weighted by molar-refractivity contribution is -0.384. The lowest BCUT2D eigenvalue weighted by Gasteiger charge is -2.09. The van der Waals surface area contributed by atoms with Gasteiger partial charge in [-0.2, -0.15) is 0 Å². The van der Waals surface area contributed by atoms with E-state index in [0.29, 0.717) is 11.5 Å². The van der Waals surface area contributed by atoms with Gasteiger partial charge in [0.25, 0.3) is 5.69 Å². The quantitative estimate of drug-likeness (QED) is 0.576. The largest absolute Gasteiger partial charge is 0.340 e. The van der Waals surface area contributed by atoms with Crippen LogP contribution in [0.5, 0.6) is 0 Å². The summed E-state index contributed by atoms with van der Waals surface area (Å²) in [5.74, 6) is 0.673. The maximum atomic E-state index is 10.8. The molecule has 0 amide bonds. The zero-order valence-electron chi connectivity index (χ0n) is 11.4. The highest BCUT2D eigenvalue weighted by molar-refractivity contribution is 5.84. The van der Waals surface area contributed by atoms with Gasteiger partial charge in [-0.15, -0.1) is 0 Å². The van der Waals surface area contributed by atoms with Gasteiger partial charge in [0.1, 0.15) is 5.82 Å². The monoisotopic (exact) mass is 279 g/mol. The maximum absolute atomic E-state index is 10.8. The third-order valence-electron chi connectivity index (χ3n) is 3.25. The molecular formula is C16H13N3O2. The standard InChI is InChI=1S/C16H13N3O2/c1-11-9-16(18-15-8-3-2-7-14(11)15)17-12-5-4-6-13(10-12)19(20)21/h2-10H,1H3,(H,17,18). The molecule has 0 atom stereocenters. The molecule has 5 heteroatoms. The van der Waals surface area contributed by atoms with Gasteiger partial charge in [0.2, 0.25) is 0 Å². The van der Waals surface area contributed by atoms with E-state index in [9.17, 15) is 10.1 Å². The molecule has 1 N–H and O–H groups in total. The molecule has 0 spiro atoms. The molecule has 0 unspecified atom stereocenters. The number of nitro benzene ring substituents is 1. The van der Waals surface area contributed by atoms with Crippen LogP contribution < -0.4 is 5.32 Å². The Balaban J connectivity index is 1.98. The van der Waals surface area contributed by atoms with E-state index in [-0.39, 0.29) is 5.69 Å². The van der Waals surface area contributed by atoms with Crippen molar-refractivity contribution in [2.24, 2.45) is 0 Å². The van der Waals surface area contributed by atoms with Gasteiger partial charge in [0.05, 0.1) is 10.4 Å². The minimum atomic E-state index is -0.412. The van der Waals surface area contributed by atoms with E-state index in [1.54, 1.807) is 12.1 Å². The summed E-state index contributed by atoms with van der Waals surface area (Å²) in [6.07, 6.45) is 0. The minimum Gasteiger partial charge on any atom is -0.340 e. The van der Waals surface area contributed by atoms with E-state index >= 15 is 0 Å². The van der Waals surface area contributed by atoms with Gasteiger partial charge in [0.15, 0.2) is 0 Å². The van der Waals surface area contributed by atoms with Gasteiger partial charge < -0.3 is 5.32 Å². The van der Waals surface area contributed by atoms with Crippen LogP contribution in [0.15, 0.2) is 54.6 Å². The Morgan fingerprint density at radius 2 is 1.90 bits per heavy atom. The first-order valence-electron chi connectivity index (χ1n) is 6.51. The Bertz CT molecular complexity index is 831. The van der Waals surface area contributed by atoms with Gasteiger partial charge in [-0.3, -0.25) is 10.1 Å². The highest BCUT2D eigenvalue weighted by atomic mass is 16.6. The molecule has 0 bridgehead atoms. The summed E-state index contributed by atoms with van der Waals surface area (Å²) >= 11 is 0. The lowest BCUT2D eigenvalue weighted by Crippen LogP contribution is -1.96. The van der Waals surface area contributed by atoms with Crippen molar-refractivity contribution in [3.05, 3.63) is 70.3 Å². The molecule has 1 aromatic heterocycles. The smallest absolute Gasteiger partial charge is 0.271 e. The molecule has 5 nitrogen and oxygen atoms in total. The topological polar surface area (TPSA) is 68.1 Å². The van der Waals surface area contributed by atoms with Crippen molar-refractivity contribution in [2.75, 3.05) is 5.32 Å². The summed E-state index contributed by atoms with van der Waals surface area (Å²) in [4.78, 5) is 14.9. The van der Waals surface area contributed by atoms with Gasteiger partial charge in [-0.25, -0.2) is 4.98 Å². The molecule has 104 valence electrons. The van der Waals surface area contributed by atoms with Crippen LogP contribution in [-0.2, 0) is 0 Å². The summed E-state index contributed by atoms with van der Waals surface area (Å²) in [6, 6.07) is 16.2. The van der Waals surface area contributed by atoms with Crippen LogP contribution in [0, 0.1) is 17.0 Å². The zero-order chi connectivity index (χ0) is 14.8. The molecule has 0 aliphatic rings. The van der Waals surface area contributed by atoms with Gasteiger partial charge in [0, 0.05) is 23.2 Å². The number of pyridine rings is 1. The highest BCUT2D eigenvalue weighted by Crippen LogP contribution is 2.24. The molecule has 0 radical (unpaired) electrons. The molecular weight excluding hydrogens is 266 g/mol. The van der Waals surface area contributed by atoms with Crippen molar-refractivity contribution in [1.29, 1.82) is 0 Å². The fraction of sp³-hybridized carbons (Fsp3) is 0.0625. The van der Waals surface area contributed by atoms with Crippen molar-refractivity contribution < 1.29 is 4.92 Å². The lowest BCUT2D eigenvalue weighted by atomic mass is 10.1. The van der Waals surface area contributed by atoms with Crippen molar-refractivity contribution in [3.8, 4) is 0 Å². The van der Waals surface area contributed by atoms with E-state index < -0.39 is 4.92 Å². The zero-order valence-corrected chi connectivity index (χ0v) is 11.4. The fourth-order valence-electron chi connectivity index (χ4n) is 2.26. The summed E-state index contributed by atoms with van der Waals surface area (Å²) in [5, 5.41) is 15.0. The first kappa shape index (κ1) is 13.1. The van der Waals surface area contributed by atoms with E-state index in [0.717, 1.165) is 16.5 Å². The molecule has 2 aromatic carbocycles. The SMILES string of the molecule is Cc1cc(Nc2cccc([N+](=O)[O-])c2)nc2ccccc12. The number of benzene rings is 2. The van der Waals surface area contributed by atoms with E-state index in [2.05, 4.69) is 10.3 Å². The Morgan fingerprint density at radius 1 is 1.10 bits per heavy atom. The summed E-state index contributed by atoms with van der Waals surface area (Å²) < 4.78 is 0. The first-order valence-corrected chi connectivity index (χ1v) is 6.51. The van der Waals surface area contributed by atoms with Crippen molar-refractivity contribution in [3.63, 3.8) is 0 Å². The van der Waals surface area contributed by atoms with Crippen LogP contribution in [0.1, 0.15) is 5.56 Å². The van der Waals surface area contributed by atoms with Gasteiger partial charge in [-0.05, 0) is 30.7 Å². The van der Waals surface area contributed by atoms with Gasteiger partial charge in [-0.1, -0.05) is 24.3 Å². The Kier molecular flexibility index (Phi) is 3.23. The number of aryl methyl sites for hydroxylation is 1. The second-order valence-corrected chi connectivity index (χ2v) is 4.77. The number of hydrogen-bond donors (Lipinski definition) is 1. The molecule has 21 heavy (non-hydrogen) atoms. The Hall–Kier alpha value is -2.95. The average Bonchev–Trinajstić information content (AvgIpc) is 2.47. The van der Waals surface area contributed by atoms with Crippen LogP contribution >= 0.6 is 0 Å². The van der Waals surface area contributed by atoms with Crippen LogP contribution in [0.3, 0.4) is 0 Å². The van der Waals surface area contributed by atoms with Crippen LogP contribution in [0.2, 0.25) is 0 Å². The molecule has 0 aliphatic carbocycles. The molecule has 3 rings (SSSR count). The van der Waals surface area contributed by atoms with Crippen molar-refractivity contribution in [1.82, 2.24) is 4.98 Å². The predicted octanol–water partition coefficient (Wildman–Crippen LogP) is 4.20. The van der Waals surface area contributed by atoms with E-state index in [4.69, 9.17) is 0 Å². The summed E-state index contributed by atoms with van der Waals surface area (Å²) in [5.41, 5.74) is 2.70. The number of rotatable bonds is 3. The first-order chi connectivity index (χ1) is 10.1. The second kappa shape index (κ2) is 5.20. The number of anilines is 2. The molecule has 0 fully saturated rings. The Labute approximate surface area is 121 Å². The van der Waals surface area contributed by atoms with Crippen LogP contribution in [-0.4, -0.2) is 9.91 Å². The van der Waals surface area contributed by atoms with E-state index in [1.807, 2.05) is 37.3 Å². The number of nitrogens with zero attached hydrogens (tertiary/aromatic N) is 2.